The third-order valence-corrected chi connectivity index (χ3v) is 4.34. The molecule has 0 saturated heterocycles. The lowest BCUT2D eigenvalue weighted by atomic mass is 10.1. The van der Waals surface area contributed by atoms with E-state index in [2.05, 4.69) is 21.9 Å². The Kier molecular flexibility index (Phi) is 4.90. The fourth-order valence-corrected chi connectivity index (χ4v) is 2.84. The molecule has 29 heavy (non-hydrogen) atoms. The Balaban J connectivity index is 1.56. The number of ether oxygens (including phenoxy) is 1. The summed E-state index contributed by atoms with van der Waals surface area (Å²) in [6.45, 7) is 3.59. The zero-order valence-corrected chi connectivity index (χ0v) is 15.4. The predicted octanol–water partition coefficient (Wildman–Crippen LogP) is 5.26. The summed E-state index contributed by atoms with van der Waals surface area (Å²) in [6.07, 6.45) is 1.44. The summed E-state index contributed by atoms with van der Waals surface area (Å²) in [5, 5.41) is 13.2. The van der Waals surface area contributed by atoms with Crippen LogP contribution in [0.5, 0.6) is 11.5 Å². The molecule has 0 aliphatic heterocycles. The number of hydrogen-bond donors (Lipinski definition) is 2. The van der Waals surface area contributed by atoms with Crippen LogP contribution >= 0.6 is 0 Å². The number of para-hydroxylation sites is 1. The minimum Gasteiger partial charge on any atom is -0.478 e. The van der Waals surface area contributed by atoms with Crippen molar-refractivity contribution in [2.45, 2.75) is 0 Å². The molecule has 0 aliphatic rings. The number of nitrogens with zero attached hydrogens (tertiary/aromatic N) is 2. The van der Waals surface area contributed by atoms with Crippen LogP contribution in [0.4, 0.5) is 11.5 Å². The second-order valence-corrected chi connectivity index (χ2v) is 6.30. The van der Waals surface area contributed by atoms with Gasteiger partial charge in [0.05, 0.1) is 11.1 Å². The lowest BCUT2D eigenvalue weighted by Gasteiger charge is -2.10. The quantitative estimate of drug-likeness (QED) is 0.442. The number of carboxylic acids is 1. The number of aromatic nitrogens is 2. The van der Waals surface area contributed by atoms with Crippen LogP contribution in [0.15, 0.2) is 85.7 Å². The molecule has 6 nitrogen and oxygen atoms in total. The Hall–Kier alpha value is -4.19. The fraction of sp³-hybridized carbons (Fsp3) is 0. The highest BCUT2D eigenvalue weighted by Gasteiger charge is 2.10. The Bertz CT molecular complexity index is 1190. The van der Waals surface area contributed by atoms with E-state index in [9.17, 15) is 4.79 Å². The summed E-state index contributed by atoms with van der Waals surface area (Å²) in [7, 11) is 0. The van der Waals surface area contributed by atoms with Crippen molar-refractivity contribution in [3.8, 4) is 11.5 Å². The molecule has 4 rings (SSSR count). The van der Waals surface area contributed by atoms with E-state index in [-0.39, 0.29) is 5.57 Å². The summed E-state index contributed by atoms with van der Waals surface area (Å²) in [6, 6.07) is 22.3. The SMILES string of the molecule is C=C(C(=O)O)c1ccc2c(Nc3ccc(Oc4ccccc4)cc3)ncnc2c1. The van der Waals surface area contributed by atoms with Gasteiger partial charge in [0, 0.05) is 11.1 Å². The molecule has 3 aromatic carbocycles. The number of anilines is 2. The predicted molar refractivity (Wildman–Crippen MR) is 112 cm³/mol. The van der Waals surface area contributed by atoms with Gasteiger partial charge in [-0.05, 0) is 54.1 Å². The van der Waals surface area contributed by atoms with E-state index < -0.39 is 5.97 Å². The van der Waals surface area contributed by atoms with Crippen LogP contribution in [0.1, 0.15) is 5.56 Å². The lowest BCUT2D eigenvalue weighted by molar-refractivity contribution is -0.130. The number of carboxylic acid groups (broad SMARTS) is 1. The van der Waals surface area contributed by atoms with Crippen molar-refractivity contribution in [3.63, 3.8) is 0 Å². The van der Waals surface area contributed by atoms with Crippen molar-refractivity contribution in [3.05, 3.63) is 91.3 Å². The summed E-state index contributed by atoms with van der Waals surface area (Å²) in [4.78, 5) is 19.7. The van der Waals surface area contributed by atoms with E-state index in [4.69, 9.17) is 9.84 Å². The molecule has 0 atom stereocenters. The molecule has 0 radical (unpaired) electrons. The van der Waals surface area contributed by atoms with Gasteiger partial charge in [0.15, 0.2) is 0 Å². The molecule has 6 heteroatoms. The molecule has 0 fully saturated rings. The molecule has 0 spiro atoms. The first-order chi connectivity index (χ1) is 14.1. The molecule has 0 aliphatic carbocycles. The van der Waals surface area contributed by atoms with Crippen molar-refractivity contribution < 1.29 is 14.6 Å². The summed E-state index contributed by atoms with van der Waals surface area (Å²) in [5.41, 5.74) is 2.00. The number of rotatable bonds is 6. The first-order valence-electron chi connectivity index (χ1n) is 8.87. The molecule has 2 N–H and O–H groups in total. The number of fused-ring (bicyclic) bond motifs is 1. The largest absolute Gasteiger partial charge is 0.478 e. The first kappa shape index (κ1) is 18.2. The van der Waals surface area contributed by atoms with Crippen LogP contribution in [0.3, 0.4) is 0 Å². The van der Waals surface area contributed by atoms with Crippen LogP contribution in [-0.4, -0.2) is 21.0 Å². The second-order valence-electron chi connectivity index (χ2n) is 6.30. The molecule has 0 bridgehead atoms. The van der Waals surface area contributed by atoms with Gasteiger partial charge in [-0.25, -0.2) is 14.8 Å². The maximum Gasteiger partial charge on any atom is 0.335 e. The van der Waals surface area contributed by atoms with E-state index in [0.29, 0.717) is 16.9 Å². The molecule has 0 amide bonds. The van der Waals surface area contributed by atoms with E-state index in [1.807, 2.05) is 54.6 Å². The standard InChI is InChI=1S/C23H17N3O3/c1-15(23(27)28)16-7-12-20-21(13-16)24-14-25-22(20)26-17-8-10-19(11-9-17)29-18-5-3-2-4-6-18/h2-14H,1H2,(H,27,28)(H,24,25,26). The minimum absolute atomic E-state index is 0.0222. The third kappa shape index (κ3) is 4.06. The fourth-order valence-electron chi connectivity index (χ4n) is 2.84. The van der Waals surface area contributed by atoms with Gasteiger partial charge in [0.25, 0.3) is 0 Å². The Morgan fingerprint density at radius 2 is 1.66 bits per heavy atom. The van der Waals surface area contributed by atoms with Gasteiger partial charge in [-0.2, -0.15) is 0 Å². The Morgan fingerprint density at radius 1 is 0.931 bits per heavy atom. The Labute approximate surface area is 167 Å². The van der Waals surface area contributed by atoms with Crippen LogP contribution in [0.2, 0.25) is 0 Å². The zero-order valence-electron chi connectivity index (χ0n) is 15.4. The molecule has 1 aromatic heterocycles. The maximum atomic E-state index is 11.1. The van der Waals surface area contributed by atoms with Crippen LogP contribution < -0.4 is 10.1 Å². The van der Waals surface area contributed by atoms with Gasteiger partial charge in [-0.1, -0.05) is 30.8 Å². The van der Waals surface area contributed by atoms with Crippen molar-refractivity contribution >= 4 is 34.0 Å². The highest BCUT2D eigenvalue weighted by molar-refractivity contribution is 6.15. The van der Waals surface area contributed by atoms with Gasteiger partial charge < -0.3 is 15.2 Å². The number of carbonyl (C=O) groups is 1. The van der Waals surface area contributed by atoms with Crippen molar-refractivity contribution in [2.75, 3.05) is 5.32 Å². The minimum atomic E-state index is -1.06. The van der Waals surface area contributed by atoms with Crippen LogP contribution in [-0.2, 0) is 4.79 Å². The van der Waals surface area contributed by atoms with Crippen molar-refractivity contribution in [1.29, 1.82) is 0 Å². The maximum absolute atomic E-state index is 11.1. The average Bonchev–Trinajstić information content (AvgIpc) is 2.75. The van der Waals surface area contributed by atoms with Gasteiger partial charge in [-0.15, -0.1) is 0 Å². The first-order valence-corrected chi connectivity index (χ1v) is 8.87. The lowest BCUT2D eigenvalue weighted by Crippen LogP contribution is -1.99. The molecule has 4 aromatic rings. The van der Waals surface area contributed by atoms with E-state index in [1.54, 1.807) is 18.2 Å². The van der Waals surface area contributed by atoms with Gasteiger partial charge in [0.1, 0.15) is 23.6 Å². The van der Waals surface area contributed by atoms with Gasteiger partial charge in [-0.3, -0.25) is 0 Å². The monoisotopic (exact) mass is 383 g/mol. The van der Waals surface area contributed by atoms with Crippen molar-refractivity contribution in [2.24, 2.45) is 0 Å². The van der Waals surface area contributed by atoms with Crippen LogP contribution in [0.25, 0.3) is 16.5 Å². The van der Waals surface area contributed by atoms with E-state index in [1.165, 1.54) is 6.33 Å². The van der Waals surface area contributed by atoms with Crippen LogP contribution in [0, 0.1) is 0 Å². The molecule has 0 saturated carbocycles. The van der Waals surface area contributed by atoms with E-state index in [0.717, 1.165) is 22.6 Å². The van der Waals surface area contributed by atoms with Gasteiger partial charge in [0.2, 0.25) is 0 Å². The number of benzene rings is 3. The smallest absolute Gasteiger partial charge is 0.335 e. The third-order valence-electron chi connectivity index (χ3n) is 4.34. The highest BCUT2D eigenvalue weighted by atomic mass is 16.5. The number of nitrogens with one attached hydrogen (secondary N) is 1. The van der Waals surface area contributed by atoms with Gasteiger partial charge >= 0.3 is 5.97 Å². The topological polar surface area (TPSA) is 84.3 Å². The van der Waals surface area contributed by atoms with E-state index >= 15 is 0 Å². The highest BCUT2D eigenvalue weighted by Crippen LogP contribution is 2.27. The normalized spacial score (nSPS) is 10.5. The molecule has 1 heterocycles. The van der Waals surface area contributed by atoms with Crippen molar-refractivity contribution in [1.82, 2.24) is 9.97 Å². The summed E-state index contributed by atoms with van der Waals surface area (Å²) < 4.78 is 5.80. The summed E-state index contributed by atoms with van der Waals surface area (Å²) >= 11 is 0. The molecular weight excluding hydrogens is 366 g/mol. The molecular formula is C23H17N3O3. The Morgan fingerprint density at radius 3 is 2.38 bits per heavy atom. The average molecular weight is 383 g/mol. The second kappa shape index (κ2) is 7.82. The zero-order chi connectivity index (χ0) is 20.2. The summed E-state index contributed by atoms with van der Waals surface area (Å²) in [5.74, 6) is 1.06. The molecule has 142 valence electrons. The molecule has 0 unspecified atom stereocenters. The number of aliphatic carboxylic acids is 1. The number of hydrogen-bond acceptors (Lipinski definition) is 5.